The molecule has 0 saturated carbocycles. The zero-order valence-corrected chi connectivity index (χ0v) is 16.5. The van der Waals surface area contributed by atoms with Crippen molar-refractivity contribution in [3.63, 3.8) is 0 Å². The number of aromatic nitrogens is 5. The number of hydrogen-bond acceptors (Lipinski definition) is 9. The first-order valence-corrected chi connectivity index (χ1v) is 9.71. The first kappa shape index (κ1) is 20.4. The Kier molecular flexibility index (Phi) is 4.85. The molecule has 4 heterocycles. The number of aliphatic hydroxyl groups excluding tert-OH is 2. The predicted octanol–water partition coefficient (Wildman–Crippen LogP) is -3.40. The van der Waals surface area contributed by atoms with E-state index in [4.69, 9.17) is 10.5 Å². The van der Waals surface area contributed by atoms with Crippen molar-refractivity contribution in [1.29, 1.82) is 0 Å². The lowest BCUT2D eigenvalue weighted by molar-refractivity contribution is -0.840. The van der Waals surface area contributed by atoms with Gasteiger partial charge in [-0.2, -0.15) is 5.17 Å². The lowest BCUT2D eigenvalue weighted by Crippen LogP contribution is -3.05. The van der Waals surface area contributed by atoms with Crippen LogP contribution in [0.5, 0.6) is 0 Å². The Balaban J connectivity index is 1.72. The maximum absolute atomic E-state index is 13.5. The quantitative estimate of drug-likeness (QED) is 0.158. The molecule has 0 radical (unpaired) electrons. The molecule has 1 aliphatic rings. The molecule has 0 bridgehead atoms. The lowest BCUT2D eigenvalue weighted by Gasteiger charge is -2.23. The minimum absolute atomic E-state index is 0.0744. The average Bonchev–Trinajstić information content (AvgIpc) is 3.30. The summed E-state index contributed by atoms with van der Waals surface area (Å²) < 4.78 is 7.73. The number of nitrogen functional groups attached to an aromatic ring is 1. The average molecular weight is 441 g/mol. The summed E-state index contributed by atoms with van der Waals surface area (Å²) in [5.41, 5.74) is 5.63. The molecule has 0 aliphatic carbocycles. The van der Waals surface area contributed by atoms with E-state index in [0.29, 0.717) is 10.9 Å². The fourth-order valence-electron chi connectivity index (χ4n) is 3.95. The van der Waals surface area contributed by atoms with Crippen LogP contribution in [-0.4, -0.2) is 54.8 Å². The summed E-state index contributed by atoms with van der Waals surface area (Å²) in [4.78, 5) is 23.4. The van der Waals surface area contributed by atoms with E-state index in [1.807, 2.05) is 0 Å². The number of quaternary nitrogens is 1. The van der Waals surface area contributed by atoms with Crippen molar-refractivity contribution in [2.75, 3.05) is 12.3 Å². The van der Waals surface area contributed by atoms with Gasteiger partial charge >= 0.3 is 11.2 Å². The molecule has 6 N–H and O–H groups in total. The van der Waals surface area contributed by atoms with E-state index in [9.17, 15) is 25.3 Å². The number of H-pyrrole nitrogens is 1. The molecule has 0 amide bonds. The van der Waals surface area contributed by atoms with Crippen molar-refractivity contribution in [2.24, 2.45) is 0 Å². The molecule has 166 valence electrons. The van der Waals surface area contributed by atoms with Gasteiger partial charge in [0.15, 0.2) is 11.9 Å². The third kappa shape index (κ3) is 3.03. The van der Waals surface area contributed by atoms with Gasteiger partial charge in [-0.25, -0.2) is 4.57 Å². The summed E-state index contributed by atoms with van der Waals surface area (Å²) >= 11 is 0. The maximum atomic E-state index is 13.5. The molecule has 1 fully saturated rings. The number of aromatic amines is 1. The number of nitrogens with two attached hydrogens (primary N) is 1. The smallest absolute Gasteiger partial charge is 0.319 e. The number of ether oxygens (including phenoxy) is 1. The number of hydrogen-bond donors (Lipinski definition) is 5. The van der Waals surface area contributed by atoms with Crippen LogP contribution in [0.25, 0.3) is 22.1 Å². The third-order valence-electron chi connectivity index (χ3n) is 5.49. The topological polar surface area (TPSA) is 194 Å². The standard InChI is InChI=1S/C19H19N7O6/c20-19-22-16-13(17(30)23-19)25(8-24(16)18-15(29)14(28)12(7-27)32-18)26(31)11-5-6-21-10-4-2-1-3-9(10)11/h1-6,8,12,14-15,18,26-28H,7H2,(H3,20,22,23,30)/t12-,14-,15-,18-/m1/s1. The van der Waals surface area contributed by atoms with Crippen molar-refractivity contribution < 1.29 is 29.8 Å². The SMILES string of the molecule is Nc1nc2c(c(=O)[nH]1)n([NH+]([O-])c1ccnc3ccccc13)c[n+]2[C@@H]1O[C@H](CO)[C@@H](O)[C@H]1[O-]. The molecule has 13 heteroatoms. The molecule has 1 unspecified atom stereocenters. The van der Waals surface area contributed by atoms with Crippen molar-refractivity contribution in [3.05, 3.63) is 58.4 Å². The summed E-state index contributed by atoms with van der Waals surface area (Å²) in [7, 11) is 0. The van der Waals surface area contributed by atoms with Gasteiger partial charge in [0.1, 0.15) is 6.10 Å². The predicted molar refractivity (Wildman–Crippen MR) is 107 cm³/mol. The Morgan fingerprint density at radius 3 is 2.88 bits per heavy atom. The minimum Gasteiger partial charge on any atom is -0.846 e. The zero-order chi connectivity index (χ0) is 22.6. The normalized spacial score (nSPS) is 24.4. The summed E-state index contributed by atoms with van der Waals surface area (Å²) in [6.07, 6.45) is -2.95. The van der Waals surface area contributed by atoms with Gasteiger partial charge in [0.25, 0.3) is 11.5 Å². The van der Waals surface area contributed by atoms with E-state index in [-0.39, 0.29) is 22.8 Å². The van der Waals surface area contributed by atoms with E-state index < -0.39 is 41.9 Å². The molecular formula is C19H19N7O6. The monoisotopic (exact) mass is 441 g/mol. The number of anilines is 1. The summed E-state index contributed by atoms with van der Waals surface area (Å²) in [5, 5.41) is 45.6. The van der Waals surface area contributed by atoms with Gasteiger partial charge in [-0.15, -0.1) is 0 Å². The van der Waals surface area contributed by atoms with Crippen LogP contribution in [0.2, 0.25) is 0 Å². The summed E-state index contributed by atoms with van der Waals surface area (Å²) in [6.45, 7) is -0.576. The molecule has 13 nitrogen and oxygen atoms in total. The van der Waals surface area contributed by atoms with Gasteiger partial charge in [-0.1, -0.05) is 21.8 Å². The Hall–Kier alpha value is -3.46. The highest BCUT2D eigenvalue weighted by molar-refractivity contribution is 5.87. The highest BCUT2D eigenvalue weighted by Gasteiger charge is 2.42. The van der Waals surface area contributed by atoms with E-state index in [2.05, 4.69) is 15.0 Å². The van der Waals surface area contributed by atoms with Crippen LogP contribution in [0.4, 0.5) is 11.6 Å². The van der Waals surface area contributed by atoms with Crippen molar-refractivity contribution in [3.8, 4) is 0 Å². The van der Waals surface area contributed by atoms with Crippen LogP contribution in [-0.2, 0) is 4.74 Å². The molecule has 1 saturated heterocycles. The number of aliphatic hydroxyl groups is 2. The Bertz CT molecular complexity index is 1370. The number of nitrogens with zero attached hydrogens (tertiary/aromatic N) is 4. The number of para-hydroxylation sites is 1. The van der Waals surface area contributed by atoms with Crippen molar-refractivity contribution in [2.45, 2.75) is 24.5 Å². The second-order valence-electron chi connectivity index (χ2n) is 7.40. The maximum Gasteiger partial charge on any atom is 0.319 e. The van der Waals surface area contributed by atoms with Gasteiger partial charge in [-0.05, 0) is 18.2 Å². The van der Waals surface area contributed by atoms with Crippen LogP contribution < -0.4 is 26.1 Å². The van der Waals surface area contributed by atoms with Crippen LogP contribution in [0.3, 0.4) is 0 Å². The fraction of sp³-hybridized carbons (Fsp3) is 0.263. The molecule has 3 aromatic heterocycles. The molecule has 5 rings (SSSR count). The van der Waals surface area contributed by atoms with Gasteiger partial charge in [0.05, 0.1) is 23.6 Å². The minimum atomic E-state index is -1.70. The summed E-state index contributed by atoms with van der Waals surface area (Å²) in [5.74, 6) is -0.226. The molecule has 4 aromatic rings. The van der Waals surface area contributed by atoms with E-state index in [0.717, 1.165) is 4.68 Å². The summed E-state index contributed by atoms with van der Waals surface area (Å²) in [6, 6.07) is 8.54. The molecule has 1 aliphatic heterocycles. The number of imidazole rings is 1. The Morgan fingerprint density at radius 2 is 2.12 bits per heavy atom. The van der Waals surface area contributed by atoms with Crippen LogP contribution in [0.15, 0.2) is 47.7 Å². The fourth-order valence-corrected chi connectivity index (χ4v) is 3.95. The van der Waals surface area contributed by atoms with Crippen molar-refractivity contribution >= 4 is 33.7 Å². The van der Waals surface area contributed by atoms with E-state index in [1.54, 1.807) is 24.3 Å². The van der Waals surface area contributed by atoms with Crippen LogP contribution in [0.1, 0.15) is 6.23 Å². The van der Waals surface area contributed by atoms with Crippen LogP contribution >= 0.6 is 0 Å². The number of fused-ring (bicyclic) bond motifs is 2. The van der Waals surface area contributed by atoms with Gasteiger partial charge in [0, 0.05) is 12.3 Å². The molecule has 5 atom stereocenters. The van der Waals surface area contributed by atoms with E-state index >= 15 is 0 Å². The number of pyridine rings is 1. The second kappa shape index (κ2) is 7.59. The van der Waals surface area contributed by atoms with Crippen LogP contribution in [0, 0.1) is 5.21 Å². The zero-order valence-electron chi connectivity index (χ0n) is 16.5. The number of nitrogens with one attached hydrogen (secondary N) is 2. The largest absolute Gasteiger partial charge is 0.846 e. The molecule has 32 heavy (non-hydrogen) atoms. The second-order valence-corrected chi connectivity index (χ2v) is 7.40. The lowest BCUT2D eigenvalue weighted by atomic mass is 10.1. The highest BCUT2D eigenvalue weighted by atomic mass is 16.6. The Labute approximate surface area is 179 Å². The molecular weight excluding hydrogens is 422 g/mol. The molecule has 0 spiro atoms. The van der Waals surface area contributed by atoms with Crippen molar-refractivity contribution in [1.82, 2.24) is 19.6 Å². The van der Waals surface area contributed by atoms with Gasteiger partial charge in [-0.3, -0.25) is 14.8 Å². The number of benzene rings is 1. The third-order valence-corrected chi connectivity index (χ3v) is 5.49. The van der Waals surface area contributed by atoms with Gasteiger partial charge < -0.3 is 31.0 Å². The highest BCUT2D eigenvalue weighted by Crippen LogP contribution is 2.25. The number of rotatable bonds is 4. The van der Waals surface area contributed by atoms with E-state index in [1.165, 1.54) is 23.2 Å². The Morgan fingerprint density at radius 1 is 1.34 bits per heavy atom. The van der Waals surface area contributed by atoms with Gasteiger partial charge in [0.2, 0.25) is 6.33 Å². The molecule has 1 aromatic carbocycles. The first-order valence-electron chi connectivity index (χ1n) is 9.71. The first-order chi connectivity index (χ1) is 15.4.